The molecule has 0 saturated heterocycles. The second-order valence-electron chi connectivity index (χ2n) is 5.14. The number of hydrogen-bond acceptors (Lipinski definition) is 4. The molecule has 1 atom stereocenters. The van der Waals surface area contributed by atoms with Gasteiger partial charge in [0.05, 0.1) is 6.10 Å². The molecule has 22 heavy (non-hydrogen) atoms. The standard InChI is InChI=1S/C17H21N3O2/c1-13(21)20-16-4-2-3-15(11-16)17(22)7-10-19-12-14-5-8-18-9-6-14/h2-6,8-9,11,17,19,22H,7,10,12H2,1H3,(H,20,21). The Labute approximate surface area is 130 Å². The van der Waals surface area contributed by atoms with Crippen LogP contribution in [-0.2, 0) is 11.3 Å². The molecule has 2 aromatic rings. The third kappa shape index (κ3) is 5.27. The number of carbonyl (C=O) groups excluding carboxylic acids is 1. The minimum Gasteiger partial charge on any atom is -0.388 e. The number of aliphatic hydroxyl groups is 1. The van der Waals surface area contributed by atoms with Gasteiger partial charge < -0.3 is 15.7 Å². The maximum atomic E-state index is 11.1. The minimum atomic E-state index is -0.557. The van der Waals surface area contributed by atoms with Crippen molar-refractivity contribution in [3.05, 3.63) is 59.9 Å². The first kappa shape index (κ1) is 16.1. The second-order valence-corrected chi connectivity index (χ2v) is 5.14. The van der Waals surface area contributed by atoms with Crippen molar-refractivity contribution in [1.82, 2.24) is 10.3 Å². The van der Waals surface area contributed by atoms with Crippen LogP contribution >= 0.6 is 0 Å². The van der Waals surface area contributed by atoms with E-state index in [9.17, 15) is 9.90 Å². The Morgan fingerprint density at radius 1 is 1.27 bits per heavy atom. The highest BCUT2D eigenvalue weighted by Crippen LogP contribution is 2.20. The fourth-order valence-corrected chi connectivity index (χ4v) is 2.17. The van der Waals surface area contributed by atoms with Crippen LogP contribution in [0.3, 0.4) is 0 Å². The van der Waals surface area contributed by atoms with Gasteiger partial charge in [-0.25, -0.2) is 0 Å². The third-order valence-electron chi connectivity index (χ3n) is 3.26. The second kappa shape index (κ2) is 8.26. The van der Waals surface area contributed by atoms with Gasteiger partial charge in [-0.3, -0.25) is 9.78 Å². The van der Waals surface area contributed by atoms with E-state index in [0.717, 1.165) is 17.7 Å². The highest BCUT2D eigenvalue weighted by Gasteiger charge is 2.08. The number of aromatic nitrogens is 1. The van der Waals surface area contributed by atoms with Gasteiger partial charge in [-0.15, -0.1) is 0 Å². The van der Waals surface area contributed by atoms with Crippen LogP contribution in [-0.4, -0.2) is 22.5 Å². The summed E-state index contributed by atoms with van der Waals surface area (Å²) in [5.74, 6) is -0.120. The van der Waals surface area contributed by atoms with Crippen LogP contribution in [0, 0.1) is 0 Å². The molecule has 1 aromatic heterocycles. The molecule has 5 heteroatoms. The van der Waals surface area contributed by atoms with Gasteiger partial charge in [0.1, 0.15) is 0 Å². The lowest BCUT2D eigenvalue weighted by molar-refractivity contribution is -0.114. The summed E-state index contributed by atoms with van der Waals surface area (Å²) >= 11 is 0. The van der Waals surface area contributed by atoms with Crippen LogP contribution in [0.25, 0.3) is 0 Å². The highest BCUT2D eigenvalue weighted by atomic mass is 16.3. The lowest BCUT2D eigenvalue weighted by Crippen LogP contribution is -2.17. The van der Waals surface area contributed by atoms with E-state index in [1.54, 1.807) is 24.5 Å². The molecule has 2 rings (SSSR count). The van der Waals surface area contributed by atoms with Crippen molar-refractivity contribution >= 4 is 11.6 Å². The Balaban J connectivity index is 1.79. The van der Waals surface area contributed by atoms with Crippen molar-refractivity contribution < 1.29 is 9.90 Å². The van der Waals surface area contributed by atoms with E-state index in [4.69, 9.17) is 0 Å². The first-order valence-corrected chi connectivity index (χ1v) is 7.30. The van der Waals surface area contributed by atoms with Crippen molar-refractivity contribution in [2.75, 3.05) is 11.9 Å². The summed E-state index contributed by atoms with van der Waals surface area (Å²) in [4.78, 5) is 15.0. The maximum absolute atomic E-state index is 11.1. The van der Waals surface area contributed by atoms with Crippen LogP contribution in [0.1, 0.15) is 30.6 Å². The molecule has 0 spiro atoms. The Bertz CT molecular complexity index is 602. The zero-order valence-electron chi connectivity index (χ0n) is 12.6. The van der Waals surface area contributed by atoms with Crippen molar-refractivity contribution in [3.8, 4) is 0 Å². The lowest BCUT2D eigenvalue weighted by atomic mass is 10.1. The number of carbonyl (C=O) groups is 1. The fraction of sp³-hybridized carbons (Fsp3) is 0.294. The monoisotopic (exact) mass is 299 g/mol. The van der Waals surface area contributed by atoms with Crippen molar-refractivity contribution in [1.29, 1.82) is 0 Å². The van der Waals surface area contributed by atoms with Crippen molar-refractivity contribution in [2.24, 2.45) is 0 Å². The number of nitrogens with one attached hydrogen (secondary N) is 2. The number of amides is 1. The fourth-order valence-electron chi connectivity index (χ4n) is 2.17. The average Bonchev–Trinajstić information content (AvgIpc) is 2.52. The Morgan fingerprint density at radius 3 is 2.77 bits per heavy atom. The van der Waals surface area contributed by atoms with E-state index in [0.29, 0.717) is 18.7 Å². The SMILES string of the molecule is CC(=O)Nc1cccc(C(O)CCNCc2ccncc2)c1. The number of aliphatic hydroxyl groups excluding tert-OH is 1. The van der Waals surface area contributed by atoms with Crippen LogP contribution < -0.4 is 10.6 Å². The van der Waals surface area contributed by atoms with Gasteiger partial charge in [0.25, 0.3) is 0 Å². The molecular formula is C17H21N3O2. The molecule has 1 unspecified atom stereocenters. The first-order valence-electron chi connectivity index (χ1n) is 7.30. The number of rotatable bonds is 7. The lowest BCUT2D eigenvalue weighted by Gasteiger charge is -2.13. The molecule has 0 aliphatic carbocycles. The quantitative estimate of drug-likeness (QED) is 0.686. The summed E-state index contributed by atoms with van der Waals surface area (Å²) in [5.41, 5.74) is 2.67. The van der Waals surface area contributed by atoms with Crippen molar-refractivity contribution in [2.45, 2.75) is 26.0 Å². The molecule has 1 amide bonds. The van der Waals surface area contributed by atoms with Gasteiger partial charge in [0.15, 0.2) is 0 Å². The van der Waals surface area contributed by atoms with Crippen LogP contribution in [0.2, 0.25) is 0 Å². The van der Waals surface area contributed by atoms with Gasteiger partial charge in [0.2, 0.25) is 5.91 Å². The van der Waals surface area contributed by atoms with Gasteiger partial charge in [-0.1, -0.05) is 12.1 Å². The van der Waals surface area contributed by atoms with Crippen LogP contribution in [0.4, 0.5) is 5.69 Å². The van der Waals surface area contributed by atoms with Gasteiger partial charge in [-0.2, -0.15) is 0 Å². The molecule has 0 aliphatic heterocycles. The maximum Gasteiger partial charge on any atom is 0.221 e. The highest BCUT2D eigenvalue weighted by molar-refractivity contribution is 5.88. The molecule has 0 bridgehead atoms. The van der Waals surface area contributed by atoms with E-state index >= 15 is 0 Å². The average molecular weight is 299 g/mol. The molecule has 3 N–H and O–H groups in total. The zero-order chi connectivity index (χ0) is 15.8. The molecule has 116 valence electrons. The van der Waals surface area contributed by atoms with Crippen molar-refractivity contribution in [3.63, 3.8) is 0 Å². The molecule has 1 aromatic carbocycles. The van der Waals surface area contributed by atoms with Gasteiger partial charge in [-0.05, 0) is 48.4 Å². The Hall–Kier alpha value is -2.24. The molecule has 0 fully saturated rings. The van der Waals surface area contributed by atoms with Crippen LogP contribution in [0.15, 0.2) is 48.8 Å². The van der Waals surface area contributed by atoms with E-state index in [1.807, 2.05) is 24.3 Å². The van der Waals surface area contributed by atoms with E-state index < -0.39 is 6.10 Å². The predicted octanol–water partition coefficient (Wildman–Crippen LogP) is 2.25. The number of hydrogen-bond donors (Lipinski definition) is 3. The number of nitrogens with zero attached hydrogens (tertiary/aromatic N) is 1. The molecule has 0 radical (unpaired) electrons. The zero-order valence-corrected chi connectivity index (χ0v) is 12.6. The van der Waals surface area contributed by atoms with Gasteiger partial charge >= 0.3 is 0 Å². The van der Waals surface area contributed by atoms with Crippen LogP contribution in [0.5, 0.6) is 0 Å². The van der Waals surface area contributed by atoms with E-state index in [2.05, 4.69) is 15.6 Å². The number of pyridine rings is 1. The normalized spacial score (nSPS) is 11.9. The third-order valence-corrected chi connectivity index (χ3v) is 3.26. The summed E-state index contributed by atoms with van der Waals surface area (Å²) < 4.78 is 0. The predicted molar refractivity (Wildman–Crippen MR) is 86.3 cm³/mol. The largest absolute Gasteiger partial charge is 0.388 e. The molecular weight excluding hydrogens is 278 g/mol. The smallest absolute Gasteiger partial charge is 0.221 e. The summed E-state index contributed by atoms with van der Waals surface area (Å²) in [5, 5.41) is 16.2. The molecule has 0 saturated carbocycles. The molecule has 1 heterocycles. The van der Waals surface area contributed by atoms with E-state index in [1.165, 1.54) is 6.92 Å². The summed E-state index contributed by atoms with van der Waals surface area (Å²) in [7, 11) is 0. The first-order chi connectivity index (χ1) is 10.6. The van der Waals surface area contributed by atoms with Gasteiger partial charge in [0, 0.05) is 31.5 Å². The minimum absolute atomic E-state index is 0.120. The van der Waals surface area contributed by atoms with E-state index in [-0.39, 0.29) is 5.91 Å². The Morgan fingerprint density at radius 2 is 2.05 bits per heavy atom. The number of anilines is 1. The summed E-state index contributed by atoms with van der Waals surface area (Å²) in [6, 6.07) is 11.2. The summed E-state index contributed by atoms with van der Waals surface area (Å²) in [6.07, 6.45) is 3.58. The molecule has 0 aliphatic rings. The number of benzene rings is 1. The summed E-state index contributed by atoms with van der Waals surface area (Å²) in [6.45, 7) is 2.92. The topological polar surface area (TPSA) is 74.2 Å². The molecule has 5 nitrogen and oxygen atoms in total. The Kier molecular flexibility index (Phi) is 6.06.